The van der Waals surface area contributed by atoms with Gasteiger partial charge in [-0.2, -0.15) is 0 Å². The van der Waals surface area contributed by atoms with Crippen LogP contribution < -0.4 is 5.14 Å². The number of nitrogens with two attached hydrogens (primary N) is 1. The largest absolute Gasteiger partial charge is 0.480 e. The summed E-state index contributed by atoms with van der Waals surface area (Å²) >= 11 is 0. The summed E-state index contributed by atoms with van der Waals surface area (Å²) in [5.41, 5.74) is -0.955. The van der Waals surface area contributed by atoms with Crippen molar-refractivity contribution in [3.05, 3.63) is 0 Å². The van der Waals surface area contributed by atoms with Crippen molar-refractivity contribution in [2.24, 2.45) is 5.14 Å². The molecule has 0 spiro atoms. The third-order valence-corrected chi connectivity index (χ3v) is 3.90. The van der Waals surface area contributed by atoms with Crippen molar-refractivity contribution >= 4 is 16.0 Å². The van der Waals surface area contributed by atoms with Crippen molar-refractivity contribution in [1.82, 2.24) is 4.90 Å². The molecule has 7 heteroatoms. The van der Waals surface area contributed by atoms with Crippen LogP contribution in [0.1, 0.15) is 26.2 Å². The van der Waals surface area contributed by atoms with Crippen molar-refractivity contribution in [2.45, 2.75) is 31.7 Å². The van der Waals surface area contributed by atoms with Crippen LogP contribution in [0.4, 0.5) is 0 Å². The first kappa shape index (κ1) is 13.4. The first-order valence-electron chi connectivity index (χ1n) is 5.25. The van der Waals surface area contributed by atoms with Gasteiger partial charge in [0.25, 0.3) is 0 Å². The summed E-state index contributed by atoms with van der Waals surface area (Å²) < 4.78 is 21.7. The molecule has 3 N–H and O–H groups in total. The molecular formula is C9H18N2O4S. The second kappa shape index (κ2) is 4.68. The Morgan fingerprint density at radius 1 is 1.50 bits per heavy atom. The molecule has 1 fully saturated rings. The minimum Gasteiger partial charge on any atom is -0.480 e. The lowest BCUT2D eigenvalue weighted by molar-refractivity contribution is -0.152. The lowest BCUT2D eigenvalue weighted by Gasteiger charge is -2.41. The number of hydrogen-bond donors (Lipinski definition) is 2. The molecule has 0 saturated carbocycles. The summed E-state index contributed by atoms with van der Waals surface area (Å²) in [6.07, 6.45) is 2.30. The van der Waals surface area contributed by atoms with Crippen LogP contribution in [-0.4, -0.2) is 48.8 Å². The molecule has 0 radical (unpaired) electrons. The van der Waals surface area contributed by atoms with E-state index in [-0.39, 0.29) is 12.3 Å². The molecule has 1 rings (SSSR count). The predicted molar refractivity (Wildman–Crippen MR) is 59.4 cm³/mol. The smallest absolute Gasteiger partial charge is 0.323 e. The molecule has 0 aromatic rings. The van der Waals surface area contributed by atoms with Gasteiger partial charge in [0.15, 0.2) is 0 Å². The maximum absolute atomic E-state index is 11.2. The van der Waals surface area contributed by atoms with Crippen molar-refractivity contribution in [1.29, 1.82) is 0 Å². The first-order chi connectivity index (χ1) is 7.26. The quantitative estimate of drug-likeness (QED) is 0.707. The second-order valence-corrected chi connectivity index (χ2v) is 6.12. The Kier molecular flexibility index (Phi) is 3.92. The highest BCUT2D eigenvalue weighted by Gasteiger charge is 2.41. The molecule has 1 unspecified atom stereocenters. The maximum atomic E-state index is 11.2. The van der Waals surface area contributed by atoms with E-state index in [0.29, 0.717) is 13.0 Å². The maximum Gasteiger partial charge on any atom is 0.323 e. The average Bonchev–Trinajstić information content (AvgIpc) is 2.15. The fourth-order valence-corrected chi connectivity index (χ4v) is 2.49. The minimum atomic E-state index is -3.53. The fourth-order valence-electron chi connectivity index (χ4n) is 2.01. The Morgan fingerprint density at radius 3 is 2.62 bits per heavy atom. The number of nitrogens with zero attached hydrogens (tertiary/aromatic N) is 1. The number of carbonyl (C=O) groups is 1. The molecule has 0 amide bonds. The highest BCUT2D eigenvalue weighted by atomic mass is 32.2. The van der Waals surface area contributed by atoms with Crippen LogP contribution in [0.2, 0.25) is 0 Å². The third-order valence-electron chi connectivity index (χ3n) is 3.15. The van der Waals surface area contributed by atoms with Gasteiger partial charge in [-0.05, 0) is 32.7 Å². The number of rotatable bonds is 4. The lowest BCUT2D eigenvalue weighted by atomic mass is 9.88. The number of primary sulfonamides is 1. The van der Waals surface area contributed by atoms with Gasteiger partial charge in [0, 0.05) is 6.54 Å². The Balaban J connectivity index is 2.72. The zero-order valence-electron chi connectivity index (χ0n) is 9.35. The number of likely N-dealkylation sites (tertiary alicyclic amines) is 1. The van der Waals surface area contributed by atoms with Gasteiger partial charge in [-0.3, -0.25) is 9.69 Å². The van der Waals surface area contributed by atoms with Crippen LogP contribution >= 0.6 is 0 Å². The van der Waals surface area contributed by atoms with Gasteiger partial charge in [0.1, 0.15) is 5.54 Å². The summed E-state index contributed by atoms with van der Waals surface area (Å²) in [6, 6.07) is 0. The molecule has 0 aromatic carbocycles. The third kappa shape index (κ3) is 3.16. The Bertz CT molecular complexity index is 368. The summed E-state index contributed by atoms with van der Waals surface area (Å²) in [5, 5.41) is 14.1. The van der Waals surface area contributed by atoms with Gasteiger partial charge >= 0.3 is 5.97 Å². The van der Waals surface area contributed by atoms with E-state index in [0.717, 1.165) is 12.8 Å². The van der Waals surface area contributed by atoms with Gasteiger partial charge < -0.3 is 5.11 Å². The molecule has 0 aromatic heterocycles. The Hall–Kier alpha value is -0.660. The van der Waals surface area contributed by atoms with E-state index in [1.54, 1.807) is 11.8 Å². The van der Waals surface area contributed by atoms with E-state index in [9.17, 15) is 18.3 Å². The molecule has 0 bridgehead atoms. The van der Waals surface area contributed by atoms with E-state index < -0.39 is 21.5 Å². The number of carboxylic acids is 1. The van der Waals surface area contributed by atoms with Crippen molar-refractivity contribution in [3.8, 4) is 0 Å². The predicted octanol–water partition coefficient (Wildman–Crippen LogP) is -0.396. The summed E-state index contributed by atoms with van der Waals surface area (Å²) in [6.45, 7) is 2.43. The summed E-state index contributed by atoms with van der Waals surface area (Å²) in [5.74, 6) is -1.10. The van der Waals surface area contributed by atoms with Gasteiger partial charge in [-0.25, -0.2) is 13.6 Å². The molecule has 6 nitrogen and oxygen atoms in total. The second-order valence-electron chi connectivity index (χ2n) is 4.39. The van der Waals surface area contributed by atoms with E-state index in [1.165, 1.54) is 0 Å². The molecule has 16 heavy (non-hydrogen) atoms. The van der Waals surface area contributed by atoms with Crippen LogP contribution in [0.25, 0.3) is 0 Å². The van der Waals surface area contributed by atoms with Gasteiger partial charge in [-0.15, -0.1) is 0 Å². The highest BCUT2D eigenvalue weighted by molar-refractivity contribution is 7.89. The Labute approximate surface area is 95.5 Å². The highest BCUT2D eigenvalue weighted by Crippen LogP contribution is 2.27. The molecule has 0 aliphatic carbocycles. The van der Waals surface area contributed by atoms with Gasteiger partial charge in [-0.1, -0.05) is 0 Å². The van der Waals surface area contributed by atoms with Gasteiger partial charge in [0.2, 0.25) is 10.0 Å². The standard InChI is InChI=1S/C9H18N2O4S/c1-9(8(12)13)4-2-3-5-11(9)6-7-16(10,14)15/h2-7H2,1H3,(H,12,13)(H2,10,14,15). The zero-order chi connectivity index (χ0) is 12.4. The molecule has 1 saturated heterocycles. The Morgan fingerprint density at radius 2 is 2.12 bits per heavy atom. The summed E-state index contributed by atoms with van der Waals surface area (Å²) in [7, 11) is -3.53. The SMILES string of the molecule is CC1(C(=O)O)CCCCN1CCS(N)(=O)=O. The number of carboxylic acid groups (broad SMARTS) is 1. The molecule has 1 heterocycles. The zero-order valence-corrected chi connectivity index (χ0v) is 10.2. The number of piperidine rings is 1. The van der Waals surface area contributed by atoms with E-state index >= 15 is 0 Å². The van der Waals surface area contributed by atoms with Crippen molar-refractivity contribution < 1.29 is 18.3 Å². The van der Waals surface area contributed by atoms with Crippen LogP contribution in [0.15, 0.2) is 0 Å². The summed E-state index contributed by atoms with van der Waals surface area (Å²) in [4.78, 5) is 12.9. The number of aliphatic carboxylic acids is 1. The molecule has 1 aliphatic heterocycles. The monoisotopic (exact) mass is 250 g/mol. The number of hydrogen-bond acceptors (Lipinski definition) is 4. The fraction of sp³-hybridized carbons (Fsp3) is 0.889. The molecule has 94 valence electrons. The van der Waals surface area contributed by atoms with Crippen LogP contribution in [0.5, 0.6) is 0 Å². The molecular weight excluding hydrogens is 232 g/mol. The first-order valence-corrected chi connectivity index (χ1v) is 6.96. The number of sulfonamides is 1. The normalized spacial score (nSPS) is 27.9. The van der Waals surface area contributed by atoms with Crippen LogP contribution in [0.3, 0.4) is 0 Å². The van der Waals surface area contributed by atoms with Crippen molar-refractivity contribution in [3.63, 3.8) is 0 Å². The minimum absolute atomic E-state index is 0.182. The average molecular weight is 250 g/mol. The lowest BCUT2D eigenvalue weighted by Crippen LogP contribution is -2.56. The van der Waals surface area contributed by atoms with Crippen LogP contribution in [-0.2, 0) is 14.8 Å². The van der Waals surface area contributed by atoms with E-state index in [2.05, 4.69) is 0 Å². The van der Waals surface area contributed by atoms with Crippen molar-refractivity contribution in [2.75, 3.05) is 18.8 Å². The topological polar surface area (TPSA) is 101 Å². The van der Waals surface area contributed by atoms with Gasteiger partial charge in [0.05, 0.1) is 5.75 Å². The van der Waals surface area contributed by atoms with E-state index in [4.69, 9.17) is 5.14 Å². The molecule has 1 aliphatic rings. The van der Waals surface area contributed by atoms with E-state index in [1.807, 2.05) is 0 Å². The van der Waals surface area contributed by atoms with Crippen LogP contribution in [0, 0.1) is 0 Å². The molecule has 1 atom stereocenters.